The molecule has 0 saturated carbocycles. The quantitative estimate of drug-likeness (QED) is 0.123. The molecule has 0 fully saturated rings. The Hall–Kier alpha value is -6.67. The second kappa shape index (κ2) is 16.1. The van der Waals surface area contributed by atoms with Crippen molar-refractivity contribution in [3.05, 3.63) is 115 Å². The van der Waals surface area contributed by atoms with Crippen molar-refractivity contribution in [2.24, 2.45) is 0 Å². The average Bonchev–Trinajstić information content (AvgIpc) is 4.09. The fraction of sp³-hybridized carbons (Fsp3) is 0.226. The van der Waals surface area contributed by atoms with Crippen LogP contribution < -0.4 is 9.97 Å². The van der Waals surface area contributed by atoms with Gasteiger partial charge >= 0.3 is 19.5 Å². The first-order valence-electron chi connectivity index (χ1n) is 22.2. The van der Waals surface area contributed by atoms with Gasteiger partial charge in [0, 0.05) is 62.0 Å². The Kier molecular flexibility index (Phi) is 10.5. The molecule has 0 unspecified atom stereocenters. The predicted octanol–water partition coefficient (Wildman–Crippen LogP) is 12.3. The summed E-state index contributed by atoms with van der Waals surface area (Å²) >= 11 is 0. The number of hydrogen-bond acceptors (Lipinski definition) is 7. The van der Waals surface area contributed by atoms with Crippen LogP contribution in [0.2, 0.25) is 16.6 Å². The normalized spacial score (nSPS) is 12.3. The average molecular weight is 916 g/mol. The van der Waals surface area contributed by atoms with E-state index < -0.39 is 8.07 Å². The number of benzene rings is 5. The Morgan fingerprint density at radius 3 is 1.32 bits per heavy atom. The molecule has 5 aromatic carbocycles. The molecule has 8 bridgehead atoms. The van der Waals surface area contributed by atoms with Crippen LogP contribution in [0, 0.1) is 11.5 Å². The van der Waals surface area contributed by atoms with E-state index in [0.717, 1.165) is 71.8 Å². The van der Waals surface area contributed by atoms with Crippen molar-refractivity contribution in [2.45, 2.75) is 78.1 Å². The number of nitrogens with zero attached hydrogens (tertiary/aromatic N) is 10. The summed E-state index contributed by atoms with van der Waals surface area (Å²) in [7, 11) is -1.88. The zero-order valence-corrected chi connectivity index (χ0v) is 41.8. The van der Waals surface area contributed by atoms with E-state index in [0.29, 0.717) is 62.5 Å². The van der Waals surface area contributed by atoms with Gasteiger partial charge in [0.15, 0.2) is 0 Å². The van der Waals surface area contributed by atoms with E-state index in [4.69, 9.17) is 44.9 Å². The minimum atomic E-state index is -1.88. The Balaban J connectivity index is 0.00000498. The largest absolute Gasteiger partial charge is 2.00 e. The Labute approximate surface area is 391 Å². The number of aromatic nitrogens is 10. The molecule has 314 valence electrons. The first-order chi connectivity index (χ1) is 31.0. The van der Waals surface area contributed by atoms with E-state index in [1.54, 1.807) is 0 Å². The molecule has 2 aliphatic rings. The Morgan fingerprint density at radius 1 is 0.477 bits per heavy atom. The standard InChI is InChI=1S/C53H46N10Si.Zn/c1-29(2)63-44-28-42-41(27-43(44)54-53(63)34-23-21-33(22-24-34)25-26-64(30(3)4,31(5)6)32(7)8)51-60-49-39-19-13-11-17-37(39)47(58-49)56-45-35-15-9-10-16-36(35)46(55-45)57-48-38-18-12-14-20-40(38)50(59-48)61-52(42)62-51;/h9-24,27-32H,1-8H3;/q-2;+2. The van der Waals surface area contributed by atoms with Gasteiger partial charge in [-0.05, 0) is 76.3 Å². The SMILES string of the molecule is CC(C)n1c(-c2ccc(C#C[Si](C(C)C)(C(C)C)C(C)C)cc2)nc2cc3c4nc5nc(nc6[n-]c(nc7nc(nc([n-]4)c3cc21)-c1ccccc1-7)c1ccccc61)-c1ccccc1-5.[Zn+2]. The van der Waals surface area contributed by atoms with Gasteiger partial charge in [-0.3, -0.25) is 0 Å². The summed E-state index contributed by atoms with van der Waals surface area (Å²) in [5.41, 5.74) is 15.0. The molecule has 10 nitrogen and oxygen atoms in total. The zero-order valence-electron chi connectivity index (χ0n) is 37.9. The third-order valence-corrected chi connectivity index (χ3v) is 19.5. The Bertz CT molecular complexity index is 3580. The van der Waals surface area contributed by atoms with E-state index in [1.807, 2.05) is 72.8 Å². The molecule has 4 aromatic heterocycles. The summed E-state index contributed by atoms with van der Waals surface area (Å²) in [5.74, 6) is 6.59. The maximum atomic E-state index is 5.32. The second-order valence-corrected chi connectivity index (χ2v) is 23.7. The molecule has 0 N–H and O–H groups in total. The van der Waals surface area contributed by atoms with Gasteiger partial charge in [0.05, 0.1) is 34.3 Å². The van der Waals surface area contributed by atoms with Crippen LogP contribution in [0.5, 0.6) is 0 Å². The summed E-state index contributed by atoms with van der Waals surface area (Å²) in [6.45, 7) is 18.5. The smallest absolute Gasteiger partial charge is 0.357 e. The van der Waals surface area contributed by atoms with Crippen LogP contribution in [0.3, 0.4) is 0 Å². The van der Waals surface area contributed by atoms with Crippen LogP contribution >= 0.6 is 0 Å². The third kappa shape index (κ3) is 6.83. The van der Waals surface area contributed by atoms with Crippen molar-refractivity contribution in [1.29, 1.82) is 0 Å². The van der Waals surface area contributed by atoms with Gasteiger partial charge in [0.25, 0.3) is 0 Å². The van der Waals surface area contributed by atoms with Crippen LogP contribution in [0.25, 0.3) is 112 Å². The van der Waals surface area contributed by atoms with Crippen LogP contribution in [0.15, 0.2) is 109 Å². The van der Waals surface area contributed by atoms with Crippen molar-refractivity contribution in [1.82, 2.24) is 49.4 Å². The molecule has 65 heavy (non-hydrogen) atoms. The van der Waals surface area contributed by atoms with Crippen molar-refractivity contribution in [2.75, 3.05) is 0 Å². The first kappa shape index (κ1) is 42.3. The van der Waals surface area contributed by atoms with Gasteiger partial charge < -0.3 is 34.5 Å². The molecule has 2 aliphatic heterocycles. The maximum absolute atomic E-state index is 5.32. The minimum absolute atomic E-state index is 0. The van der Waals surface area contributed by atoms with Gasteiger partial charge in [-0.2, -0.15) is 0 Å². The van der Waals surface area contributed by atoms with E-state index in [2.05, 4.69) is 108 Å². The number of fused-ring (bicyclic) bond motifs is 21. The topological polar surface area (TPSA) is 123 Å². The molecular weight excluding hydrogens is 870 g/mol. The fourth-order valence-electron chi connectivity index (χ4n) is 10.1. The monoisotopic (exact) mass is 914 g/mol. The molecule has 0 radical (unpaired) electrons. The van der Waals surface area contributed by atoms with Crippen LogP contribution in [0.4, 0.5) is 0 Å². The van der Waals surface area contributed by atoms with Crippen LogP contribution in [0.1, 0.15) is 67.0 Å². The van der Waals surface area contributed by atoms with Crippen LogP contribution in [-0.4, -0.2) is 47.5 Å². The van der Waals surface area contributed by atoms with Crippen molar-refractivity contribution in [3.63, 3.8) is 0 Å². The summed E-state index contributed by atoms with van der Waals surface area (Å²) in [6.07, 6.45) is 0. The summed E-state index contributed by atoms with van der Waals surface area (Å²) in [5, 5.41) is 3.40. The minimum Gasteiger partial charge on any atom is -0.357 e. The van der Waals surface area contributed by atoms with Crippen molar-refractivity contribution < 1.29 is 19.5 Å². The zero-order chi connectivity index (χ0) is 44.0. The first-order valence-corrected chi connectivity index (χ1v) is 24.4. The molecule has 9 aromatic rings. The van der Waals surface area contributed by atoms with Gasteiger partial charge in [-0.25, -0.2) is 15.0 Å². The van der Waals surface area contributed by atoms with Crippen molar-refractivity contribution >= 4 is 63.2 Å². The fourth-order valence-corrected chi connectivity index (χ4v) is 15.4. The summed E-state index contributed by atoms with van der Waals surface area (Å²) in [4.78, 5) is 46.2. The third-order valence-electron chi connectivity index (χ3n) is 13.2. The summed E-state index contributed by atoms with van der Waals surface area (Å²) in [6, 6.07) is 37.0. The number of rotatable bonds is 5. The molecule has 6 heterocycles. The number of imidazole rings is 1. The molecule has 11 rings (SSSR count). The molecule has 0 spiro atoms. The maximum Gasteiger partial charge on any atom is 2.00 e. The van der Waals surface area contributed by atoms with E-state index in [-0.39, 0.29) is 25.5 Å². The van der Waals surface area contributed by atoms with Gasteiger partial charge in [-0.15, -0.1) is 5.54 Å². The van der Waals surface area contributed by atoms with Crippen molar-refractivity contribution in [3.8, 4) is 68.4 Å². The van der Waals surface area contributed by atoms with E-state index in [1.165, 1.54) is 0 Å². The molecule has 12 heteroatoms. The second-order valence-electron chi connectivity index (χ2n) is 18.1. The van der Waals surface area contributed by atoms with Crippen LogP contribution in [-0.2, 0) is 19.5 Å². The van der Waals surface area contributed by atoms with E-state index >= 15 is 0 Å². The molecule has 0 amide bonds. The molecular formula is C53H46N10SiZn. The predicted molar refractivity (Wildman–Crippen MR) is 261 cm³/mol. The molecule has 0 atom stereocenters. The van der Waals surface area contributed by atoms with Gasteiger partial charge in [0.1, 0.15) is 13.9 Å². The van der Waals surface area contributed by atoms with Gasteiger partial charge in [0.2, 0.25) is 0 Å². The van der Waals surface area contributed by atoms with Gasteiger partial charge in [-0.1, -0.05) is 132 Å². The Morgan fingerprint density at radius 2 is 0.892 bits per heavy atom. The summed E-state index contributed by atoms with van der Waals surface area (Å²) < 4.78 is 2.30. The van der Waals surface area contributed by atoms with E-state index in [9.17, 15) is 0 Å². The molecule has 0 saturated heterocycles. The molecule has 0 aliphatic carbocycles. The number of hydrogen-bond donors (Lipinski definition) is 0.